The van der Waals surface area contributed by atoms with Crippen molar-refractivity contribution in [3.63, 3.8) is 0 Å². The summed E-state index contributed by atoms with van der Waals surface area (Å²) in [6, 6.07) is 2.73. The molecule has 0 aliphatic carbocycles. The van der Waals surface area contributed by atoms with Gasteiger partial charge in [0.05, 0.1) is 0 Å². The molecule has 0 fully saturated rings. The van der Waals surface area contributed by atoms with Gasteiger partial charge < -0.3 is 5.32 Å². The second-order valence-electron chi connectivity index (χ2n) is 4.65. The van der Waals surface area contributed by atoms with Crippen LogP contribution in [0.2, 0.25) is 0 Å². The van der Waals surface area contributed by atoms with Crippen molar-refractivity contribution >= 4 is 0 Å². The van der Waals surface area contributed by atoms with E-state index in [1.165, 1.54) is 6.07 Å². The molecule has 0 bridgehead atoms. The number of nitrogens with one attached hydrogen (secondary N) is 1. The van der Waals surface area contributed by atoms with Gasteiger partial charge in [0.15, 0.2) is 0 Å². The molecule has 1 atom stereocenters. The number of halogens is 5. The molecule has 0 saturated carbocycles. The molecular formula is C14H18F5N. The summed E-state index contributed by atoms with van der Waals surface area (Å²) < 4.78 is 63.8. The molecule has 0 radical (unpaired) electrons. The molecule has 0 saturated heterocycles. The Morgan fingerprint density at radius 1 is 1.15 bits per heavy atom. The predicted molar refractivity (Wildman–Crippen MR) is 67.3 cm³/mol. The van der Waals surface area contributed by atoms with Crippen molar-refractivity contribution in [2.75, 3.05) is 6.54 Å². The zero-order chi connectivity index (χ0) is 15.2. The molecule has 0 amide bonds. The van der Waals surface area contributed by atoms with Gasteiger partial charge in [0.1, 0.15) is 11.6 Å². The third-order valence-corrected chi connectivity index (χ3v) is 2.94. The highest BCUT2D eigenvalue weighted by Gasteiger charge is 2.27. The minimum absolute atomic E-state index is 0.0391. The molecule has 1 N–H and O–H groups in total. The van der Waals surface area contributed by atoms with Crippen molar-refractivity contribution in [2.45, 2.75) is 44.8 Å². The van der Waals surface area contributed by atoms with Crippen molar-refractivity contribution in [3.05, 3.63) is 35.4 Å². The van der Waals surface area contributed by atoms with Crippen LogP contribution in [0.5, 0.6) is 0 Å². The van der Waals surface area contributed by atoms with Gasteiger partial charge in [-0.15, -0.1) is 0 Å². The van der Waals surface area contributed by atoms with E-state index in [1.54, 1.807) is 0 Å². The molecule has 1 rings (SSSR count). The number of alkyl halides is 3. The Morgan fingerprint density at radius 2 is 1.75 bits per heavy atom. The van der Waals surface area contributed by atoms with E-state index in [9.17, 15) is 22.0 Å². The van der Waals surface area contributed by atoms with Crippen LogP contribution in [-0.2, 0) is 0 Å². The average molecular weight is 295 g/mol. The highest BCUT2D eigenvalue weighted by molar-refractivity contribution is 5.23. The first-order chi connectivity index (χ1) is 9.35. The van der Waals surface area contributed by atoms with Crippen LogP contribution in [0.4, 0.5) is 22.0 Å². The second kappa shape index (κ2) is 7.57. The standard InChI is InChI=1S/C14H18F5N/c1-2-9-20-12(7-4-8-14(17,18)19)13-10(15)5-3-6-11(13)16/h3,5-6,12,20H,2,4,7-9H2,1H3. The molecule has 1 aromatic rings. The third kappa shape index (κ3) is 5.45. The van der Waals surface area contributed by atoms with Crippen LogP contribution in [-0.4, -0.2) is 12.7 Å². The molecule has 0 aliphatic rings. The SMILES string of the molecule is CCCNC(CCCC(F)(F)F)c1c(F)cccc1F. The lowest BCUT2D eigenvalue weighted by atomic mass is 9.99. The fourth-order valence-corrected chi connectivity index (χ4v) is 2.02. The van der Waals surface area contributed by atoms with Crippen molar-refractivity contribution in [2.24, 2.45) is 0 Å². The Labute approximate surface area is 115 Å². The smallest absolute Gasteiger partial charge is 0.310 e. The molecule has 0 heterocycles. The summed E-state index contributed by atoms with van der Waals surface area (Å²) in [5.41, 5.74) is -0.178. The van der Waals surface area contributed by atoms with Crippen LogP contribution < -0.4 is 5.32 Å². The lowest BCUT2D eigenvalue weighted by Crippen LogP contribution is -2.24. The number of benzene rings is 1. The van der Waals surface area contributed by atoms with Crippen LogP contribution in [0.3, 0.4) is 0 Å². The molecule has 1 nitrogen and oxygen atoms in total. The minimum atomic E-state index is -4.25. The van der Waals surface area contributed by atoms with Crippen molar-refractivity contribution in [1.82, 2.24) is 5.32 Å². The quantitative estimate of drug-likeness (QED) is 0.717. The van der Waals surface area contributed by atoms with Crippen molar-refractivity contribution < 1.29 is 22.0 Å². The van der Waals surface area contributed by atoms with Crippen LogP contribution in [0.25, 0.3) is 0 Å². The molecule has 0 aromatic heterocycles. The highest BCUT2D eigenvalue weighted by atomic mass is 19.4. The van der Waals surface area contributed by atoms with E-state index in [4.69, 9.17) is 0 Å². The summed E-state index contributed by atoms with van der Waals surface area (Å²) in [6.45, 7) is 2.36. The lowest BCUT2D eigenvalue weighted by Gasteiger charge is -2.20. The Kier molecular flexibility index (Phi) is 6.39. The fraction of sp³-hybridized carbons (Fsp3) is 0.571. The summed E-state index contributed by atoms with van der Waals surface area (Å²) in [5, 5.41) is 2.91. The van der Waals surface area contributed by atoms with Crippen molar-refractivity contribution in [1.29, 1.82) is 0 Å². The highest BCUT2D eigenvalue weighted by Crippen LogP contribution is 2.28. The Bertz CT molecular complexity index is 396. The van der Waals surface area contributed by atoms with Gasteiger partial charge in [-0.3, -0.25) is 0 Å². The van der Waals surface area contributed by atoms with Gasteiger partial charge in [0.2, 0.25) is 0 Å². The maximum absolute atomic E-state index is 13.7. The van der Waals surface area contributed by atoms with Gasteiger partial charge in [-0.25, -0.2) is 8.78 Å². The van der Waals surface area contributed by atoms with Crippen LogP contribution >= 0.6 is 0 Å². The fourth-order valence-electron chi connectivity index (χ4n) is 2.02. The molecule has 1 unspecified atom stereocenters. The predicted octanol–water partition coefficient (Wildman–Crippen LogP) is 4.74. The van der Waals surface area contributed by atoms with Crippen LogP contribution in [0, 0.1) is 11.6 Å². The molecule has 1 aromatic carbocycles. The van der Waals surface area contributed by atoms with Gasteiger partial charge >= 0.3 is 6.18 Å². The maximum atomic E-state index is 13.7. The molecule has 114 valence electrons. The topological polar surface area (TPSA) is 12.0 Å². The zero-order valence-electron chi connectivity index (χ0n) is 11.2. The second-order valence-corrected chi connectivity index (χ2v) is 4.65. The van der Waals surface area contributed by atoms with Crippen LogP contribution in [0.15, 0.2) is 18.2 Å². The van der Waals surface area contributed by atoms with E-state index in [-0.39, 0.29) is 18.4 Å². The summed E-state index contributed by atoms with van der Waals surface area (Å²) in [4.78, 5) is 0. The lowest BCUT2D eigenvalue weighted by molar-refractivity contribution is -0.135. The maximum Gasteiger partial charge on any atom is 0.389 e. The summed E-state index contributed by atoms with van der Waals surface area (Å²) in [6.07, 6.45) is -4.60. The van der Waals surface area contributed by atoms with Gasteiger partial charge in [-0.2, -0.15) is 13.2 Å². The Hall–Kier alpha value is -1.17. The first-order valence-electron chi connectivity index (χ1n) is 6.59. The Balaban J connectivity index is 2.78. The molecule has 0 spiro atoms. The summed E-state index contributed by atoms with van der Waals surface area (Å²) in [5.74, 6) is -1.46. The molecule has 6 heteroatoms. The zero-order valence-corrected chi connectivity index (χ0v) is 11.2. The van der Waals surface area contributed by atoms with E-state index in [0.717, 1.165) is 18.6 Å². The average Bonchev–Trinajstić information content (AvgIpc) is 2.33. The van der Waals surface area contributed by atoms with E-state index >= 15 is 0 Å². The van der Waals surface area contributed by atoms with Gasteiger partial charge in [-0.1, -0.05) is 13.0 Å². The third-order valence-electron chi connectivity index (χ3n) is 2.94. The molecular weight excluding hydrogens is 277 g/mol. The van der Waals surface area contributed by atoms with E-state index in [0.29, 0.717) is 6.54 Å². The first-order valence-corrected chi connectivity index (χ1v) is 6.59. The molecule has 0 aliphatic heterocycles. The summed E-state index contributed by atoms with van der Waals surface area (Å²) >= 11 is 0. The molecule has 20 heavy (non-hydrogen) atoms. The van der Waals surface area contributed by atoms with Gasteiger partial charge in [-0.05, 0) is 37.9 Å². The normalized spacial score (nSPS) is 13.5. The Morgan fingerprint density at radius 3 is 2.25 bits per heavy atom. The van der Waals surface area contributed by atoms with Gasteiger partial charge in [0, 0.05) is 18.0 Å². The largest absolute Gasteiger partial charge is 0.389 e. The van der Waals surface area contributed by atoms with Crippen LogP contribution in [0.1, 0.15) is 44.2 Å². The van der Waals surface area contributed by atoms with Crippen molar-refractivity contribution in [3.8, 4) is 0 Å². The van der Waals surface area contributed by atoms with E-state index in [1.807, 2.05) is 6.92 Å². The van der Waals surface area contributed by atoms with E-state index < -0.39 is 30.3 Å². The summed E-state index contributed by atoms with van der Waals surface area (Å²) in [7, 11) is 0. The van der Waals surface area contributed by atoms with Gasteiger partial charge in [0.25, 0.3) is 0 Å². The van der Waals surface area contributed by atoms with E-state index in [2.05, 4.69) is 5.32 Å². The minimum Gasteiger partial charge on any atom is -0.310 e. The first kappa shape index (κ1) is 16.9. The monoisotopic (exact) mass is 295 g/mol. The number of rotatable bonds is 7. The number of hydrogen-bond donors (Lipinski definition) is 1. The number of hydrogen-bond acceptors (Lipinski definition) is 1.